The van der Waals surface area contributed by atoms with Crippen molar-refractivity contribution in [1.82, 2.24) is 19.1 Å². The van der Waals surface area contributed by atoms with Gasteiger partial charge in [0.25, 0.3) is 11.1 Å². The number of rotatable bonds is 4. The number of nitrogens with zero attached hydrogens (tertiary/aromatic N) is 4. The Bertz CT molecular complexity index is 2240. The lowest BCUT2D eigenvalue weighted by atomic mass is 10.1. The summed E-state index contributed by atoms with van der Waals surface area (Å²) < 4.78 is 29.6. The van der Waals surface area contributed by atoms with E-state index < -0.39 is 0 Å². The van der Waals surface area contributed by atoms with Crippen molar-refractivity contribution in [3.8, 4) is 24.2 Å². The average molecular weight is 694 g/mol. The molecule has 0 atom stereocenters. The van der Waals surface area contributed by atoms with Gasteiger partial charge in [0.15, 0.2) is 0 Å². The van der Waals surface area contributed by atoms with Gasteiger partial charge in [0.05, 0.1) is 34.5 Å². The van der Waals surface area contributed by atoms with Crippen LogP contribution in [0.5, 0.6) is 0 Å². The van der Waals surface area contributed by atoms with Crippen molar-refractivity contribution in [2.75, 3.05) is 0 Å². The molecule has 0 N–H and O–H groups in total. The Kier molecular flexibility index (Phi) is 12.3. The highest BCUT2D eigenvalue weighted by Gasteiger charge is 2.05. The molecule has 0 aliphatic carbocycles. The van der Waals surface area contributed by atoms with E-state index in [9.17, 15) is 18.4 Å². The minimum Gasteiger partial charge on any atom is -0.299 e. The molecule has 0 saturated carbocycles. The van der Waals surface area contributed by atoms with Crippen molar-refractivity contribution in [2.24, 2.45) is 0 Å². The van der Waals surface area contributed by atoms with Gasteiger partial charge in [-0.25, -0.2) is 18.7 Å². The quantitative estimate of drug-likeness (QED) is 0.178. The summed E-state index contributed by atoms with van der Waals surface area (Å²) in [5.74, 6) is 7.62. The van der Waals surface area contributed by atoms with E-state index in [1.807, 2.05) is 26.0 Å². The molecule has 0 unspecified atom stereocenters. The van der Waals surface area contributed by atoms with E-state index in [2.05, 4.69) is 43.7 Å². The van der Waals surface area contributed by atoms with E-state index >= 15 is 0 Å². The monoisotopic (exact) mass is 692 g/mol. The lowest BCUT2D eigenvalue weighted by Crippen LogP contribution is -2.20. The molecule has 2 aromatic heterocycles. The molecule has 0 fully saturated rings. The van der Waals surface area contributed by atoms with E-state index in [4.69, 9.17) is 6.42 Å². The smallest absolute Gasteiger partial charge is 0.261 e. The highest BCUT2D eigenvalue weighted by molar-refractivity contribution is 9.10. The van der Waals surface area contributed by atoms with Gasteiger partial charge in [0, 0.05) is 34.3 Å². The Labute approximate surface area is 279 Å². The Hall–Kier alpha value is -5.38. The number of hydrogen-bond donors (Lipinski definition) is 0. The molecule has 0 spiro atoms. The van der Waals surface area contributed by atoms with Crippen molar-refractivity contribution in [3.05, 3.63) is 151 Å². The summed E-state index contributed by atoms with van der Waals surface area (Å²) in [7, 11) is 0. The summed E-state index contributed by atoms with van der Waals surface area (Å²) in [6, 6.07) is 22.9. The Balaban J connectivity index is 0.000000178. The van der Waals surface area contributed by atoms with Crippen LogP contribution in [0, 0.1) is 35.8 Å². The molecule has 4 aromatic carbocycles. The molecule has 0 radical (unpaired) electrons. The summed E-state index contributed by atoms with van der Waals surface area (Å²) >= 11 is 3.36. The standard InChI is InChI=1S/C19H15FN2O.C11H11BrN2O.C8H5F/c1-2-10-22-13-21-18-12-15(8-9-17(18)19(22)23)7-6-14-4-3-5-16(20)11-14;1-2-5-14-7-13-10-6-8(12)3-4-9(10)11(14)15;1-2-7-4-3-5-8(9)6-7/h3-5,8-9,11-13H,2,10H2,1H3;3-4,6-7H,2,5H2,1H3;1,3-6H. The normalized spacial score (nSPS) is 10.1. The minimum atomic E-state index is -0.312. The molecule has 9 heteroatoms. The number of benzene rings is 4. The lowest BCUT2D eigenvalue weighted by Gasteiger charge is -2.04. The van der Waals surface area contributed by atoms with Gasteiger partial charge >= 0.3 is 0 Å². The highest BCUT2D eigenvalue weighted by Crippen LogP contribution is 2.15. The predicted octanol–water partition coefficient (Wildman–Crippen LogP) is 7.72. The molecule has 0 aliphatic rings. The molecule has 6 aromatic rings. The summed E-state index contributed by atoms with van der Waals surface area (Å²) in [6.07, 6.45) is 9.99. The van der Waals surface area contributed by atoms with Crippen LogP contribution in [0.3, 0.4) is 0 Å². The molecule has 236 valence electrons. The van der Waals surface area contributed by atoms with Crippen LogP contribution in [0.15, 0.2) is 112 Å². The molecule has 6 nitrogen and oxygen atoms in total. The number of aryl methyl sites for hydroxylation is 2. The van der Waals surface area contributed by atoms with E-state index in [1.165, 1.54) is 24.3 Å². The van der Waals surface area contributed by atoms with Crippen LogP contribution in [0.25, 0.3) is 21.8 Å². The second-order valence-corrected chi connectivity index (χ2v) is 11.2. The second kappa shape index (κ2) is 16.8. The summed E-state index contributed by atoms with van der Waals surface area (Å²) in [5.41, 5.74) is 3.28. The Morgan fingerprint density at radius 2 is 1.17 bits per heavy atom. The van der Waals surface area contributed by atoms with Crippen LogP contribution < -0.4 is 11.1 Å². The molecular formula is C38H31BrF2N4O2. The third-order valence-corrected chi connectivity index (χ3v) is 7.20. The van der Waals surface area contributed by atoms with E-state index in [1.54, 1.807) is 70.3 Å². The minimum absolute atomic E-state index is 0.0364. The van der Waals surface area contributed by atoms with Gasteiger partial charge in [-0.3, -0.25) is 18.7 Å². The SMILES string of the molecule is C#Cc1cccc(F)c1.CCCn1cnc2cc(Br)ccc2c1=O.CCCn1cnc2cc(C#Cc3cccc(F)c3)ccc2c1=O. The third-order valence-electron chi connectivity index (χ3n) is 6.71. The van der Waals surface area contributed by atoms with E-state index in [0.29, 0.717) is 34.0 Å². The maximum atomic E-state index is 13.1. The van der Waals surface area contributed by atoms with E-state index in [-0.39, 0.29) is 22.8 Å². The van der Waals surface area contributed by atoms with Crippen LogP contribution in [0.4, 0.5) is 8.78 Å². The van der Waals surface area contributed by atoms with E-state index in [0.717, 1.165) is 34.9 Å². The van der Waals surface area contributed by atoms with Crippen molar-refractivity contribution in [3.63, 3.8) is 0 Å². The second-order valence-electron chi connectivity index (χ2n) is 10.3. The zero-order valence-electron chi connectivity index (χ0n) is 25.9. The zero-order chi connectivity index (χ0) is 33.8. The fourth-order valence-corrected chi connectivity index (χ4v) is 4.81. The molecule has 0 bridgehead atoms. The lowest BCUT2D eigenvalue weighted by molar-refractivity contribution is 0.627. The van der Waals surface area contributed by atoms with Crippen LogP contribution >= 0.6 is 15.9 Å². The Morgan fingerprint density at radius 3 is 1.68 bits per heavy atom. The highest BCUT2D eigenvalue weighted by atomic mass is 79.9. The topological polar surface area (TPSA) is 69.8 Å². The van der Waals surface area contributed by atoms with Crippen molar-refractivity contribution < 1.29 is 8.78 Å². The molecular weight excluding hydrogens is 662 g/mol. The molecule has 0 saturated heterocycles. The maximum Gasteiger partial charge on any atom is 0.261 e. The van der Waals surface area contributed by atoms with Gasteiger partial charge in [0.2, 0.25) is 0 Å². The Morgan fingerprint density at radius 1 is 0.681 bits per heavy atom. The van der Waals surface area contributed by atoms with Crippen molar-refractivity contribution in [2.45, 2.75) is 39.8 Å². The van der Waals surface area contributed by atoms with Crippen molar-refractivity contribution >= 4 is 37.7 Å². The molecule has 0 amide bonds. The van der Waals surface area contributed by atoms with Crippen LogP contribution in [0.2, 0.25) is 0 Å². The summed E-state index contributed by atoms with van der Waals surface area (Å²) in [6.45, 7) is 5.43. The summed E-state index contributed by atoms with van der Waals surface area (Å²) in [5, 5.41) is 1.26. The first kappa shape index (κ1) is 34.5. The molecule has 47 heavy (non-hydrogen) atoms. The predicted molar refractivity (Wildman–Crippen MR) is 187 cm³/mol. The van der Waals surface area contributed by atoms with Gasteiger partial charge < -0.3 is 0 Å². The van der Waals surface area contributed by atoms with Gasteiger partial charge in [-0.1, -0.05) is 59.7 Å². The van der Waals surface area contributed by atoms with Crippen LogP contribution in [0.1, 0.15) is 43.4 Å². The molecule has 6 rings (SSSR count). The number of fused-ring (bicyclic) bond motifs is 2. The average Bonchev–Trinajstić information content (AvgIpc) is 3.07. The van der Waals surface area contributed by atoms with Crippen molar-refractivity contribution in [1.29, 1.82) is 0 Å². The molecule has 0 aliphatic heterocycles. The third kappa shape index (κ3) is 9.56. The van der Waals surface area contributed by atoms with Crippen LogP contribution in [-0.4, -0.2) is 19.1 Å². The summed E-state index contributed by atoms with van der Waals surface area (Å²) in [4.78, 5) is 32.8. The van der Waals surface area contributed by atoms with Gasteiger partial charge in [-0.2, -0.15) is 0 Å². The number of aromatic nitrogens is 4. The first-order chi connectivity index (χ1) is 22.7. The largest absolute Gasteiger partial charge is 0.299 e. The maximum absolute atomic E-state index is 13.1. The van der Waals surface area contributed by atoms with Gasteiger partial charge in [-0.15, -0.1) is 6.42 Å². The molecule has 2 heterocycles. The van der Waals surface area contributed by atoms with Gasteiger partial charge in [-0.05, 0) is 85.6 Å². The van der Waals surface area contributed by atoms with Crippen LogP contribution in [-0.2, 0) is 13.1 Å². The number of hydrogen-bond acceptors (Lipinski definition) is 4. The zero-order valence-corrected chi connectivity index (χ0v) is 27.5. The first-order valence-electron chi connectivity index (χ1n) is 14.9. The number of terminal acetylenes is 1. The first-order valence-corrected chi connectivity index (χ1v) is 15.6. The fourth-order valence-electron chi connectivity index (χ4n) is 4.46. The van der Waals surface area contributed by atoms with Gasteiger partial charge in [0.1, 0.15) is 11.6 Å². The number of halogens is 3. The fraction of sp³-hybridized carbons (Fsp3) is 0.158.